The zero-order chi connectivity index (χ0) is 21.3. The summed E-state index contributed by atoms with van der Waals surface area (Å²) >= 11 is 6.15. The number of hydrogen-bond acceptors (Lipinski definition) is 2. The average Bonchev–Trinajstić information content (AvgIpc) is 3.12. The van der Waals surface area contributed by atoms with Crippen LogP contribution in [-0.4, -0.2) is 15.6 Å². The number of benzene rings is 3. The topological polar surface area (TPSA) is 51.5 Å². The lowest BCUT2D eigenvalue weighted by Gasteiger charge is -2.14. The van der Waals surface area contributed by atoms with Crippen molar-refractivity contribution in [1.82, 2.24) is 4.57 Å². The molecule has 4 aromatic rings. The SMILES string of the molecule is O=C(O)c1cccc2c1ccn2Cc1cc(Cl)ccc1OCc1cc(F)ccc1F. The lowest BCUT2D eigenvalue weighted by Crippen LogP contribution is -2.05. The lowest BCUT2D eigenvalue weighted by molar-refractivity contribution is 0.0699. The van der Waals surface area contributed by atoms with E-state index in [9.17, 15) is 18.7 Å². The molecule has 0 atom stereocenters. The monoisotopic (exact) mass is 427 g/mol. The van der Waals surface area contributed by atoms with Crippen molar-refractivity contribution in [3.63, 3.8) is 0 Å². The van der Waals surface area contributed by atoms with Crippen LogP contribution in [0, 0.1) is 11.6 Å². The largest absolute Gasteiger partial charge is 0.488 e. The minimum Gasteiger partial charge on any atom is -0.488 e. The van der Waals surface area contributed by atoms with Crippen LogP contribution in [0.2, 0.25) is 5.02 Å². The van der Waals surface area contributed by atoms with E-state index in [0.29, 0.717) is 22.7 Å². The van der Waals surface area contributed by atoms with Gasteiger partial charge in [0.05, 0.1) is 12.1 Å². The number of aromatic nitrogens is 1. The second kappa shape index (κ2) is 8.16. The molecule has 4 nitrogen and oxygen atoms in total. The number of carbonyl (C=O) groups is 1. The summed E-state index contributed by atoms with van der Waals surface area (Å²) in [6.45, 7) is 0.210. The Labute approximate surface area is 175 Å². The second-order valence-corrected chi connectivity index (χ2v) is 7.20. The van der Waals surface area contributed by atoms with Crippen LogP contribution in [0.25, 0.3) is 10.9 Å². The number of halogens is 3. The van der Waals surface area contributed by atoms with E-state index in [4.69, 9.17) is 16.3 Å². The molecule has 4 rings (SSSR count). The Balaban J connectivity index is 1.64. The zero-order valence-electron chi connectivity index (χ0n) is 15.6. The molecule has 0 spiro atoms. The van der Waals surface area contributed by atoms with E-state index in [-0.39, 0.29) is 17.7 Å². The number of rotatable bonds is 6. The Hall–Kier alpha value is -3.38. The van der Waals surface area contributed by atoms with Crippen molar-refractivity contribution in [2.75, 3.05) is 0 Å². The van der Waals surface area contributed by atoms with Gasteiger partial charge in [-0.25, -0.2) is 13.6 Å². The third-order valence-corrected chi connectivity index (χ3v) is 5.03. The highest BCUT2D eigenvalue weighted by Crippen LogP contribution is 2.28. The summed E-state index contributed by atoms with van der Waals surface area (Å²) in [6.07, 6.45) is 1.79. The van der Waals surface area contributed by atoms with Crippen molar-refractivity contribution in [1.29, 1.82) is 0 Å². The number of carboxylic acid groups (broad SMARTS) is 1. The van der Waals surface area contributed by atoms with Gasteiger partial charge in [-0.05, 0) is 54.6 Å². The summed E-state index contributed by atoms with van der Waals surface area (Å²) in [6, 6.07) is 15.1. The van der Waals surface area contributed by atoms with Crippen LogP contribution in [0.3, 0.4) is 0 Å². The first kappa shape index (κ1) is 19.9. The van der Waals surface area contributed by atoms with Crippen molar-refractivity contribution in [3.8, 4) is 5.75 Å². The molecule has 0 amide bonds. The molecule has 1 heterocycles. The number of ether oxygens (including phenoxy) is 1. The van der Waals surface area contributed by atoms with Gasteiger partial charge in [-0.2, -0.15) is 0 Å². The smallest absolute Gasteiger partial charge is 0.336 e. The zero-order valence-corrected chi connectivity index (χ0v) is 16.4. The molecule has 7 heteroatoms. The molecule has 0 aliphatic carbocycles. The summed E-state index contributed by atoms with van der Waals surface area (Å²) in [5.74, 6) is -1.62. The maximum Gasteiger partial charge on any atom is 0.336 e. The molecule has 0 radical (unpaired) electrons. The van der Waals surface area contributed by atoms with Gasteiger partial charge in [-0.15, -0.1) is 0 Å². The summed E-state index contributed by atoms with van der Waals surface area (Å²) in [7, 11) is 0. The molecule has 30 heavy (non-hydrogen) atoms. The number of aromatic carboxylic acids is 1. The second-order valence-electron chi connectivity index (χ2n) is 6.76. The highest BCUT2D eigenvalue weighted by atomic mass is 35.5. The van der Waals surface area contributed by atoms with Gasteiger partial charge in [0.2, 0.25) is 0 Å². The van der Waals surface area contributed by atoms with Crippen molar-refractivity contribution in [3.05, 3.63) is 100 Å². The van der Waals surface area contributed by atoms with E-state index in [2.05, 4.69) is 0 Å². The first-order valence-electron chi connectivity index (χ1n) is 9.08. The number of carboxylic acids is 1. The van der Waals surface area contributed by atoms with Crippen molar-refractivity contribution >= 4 is 28.5 Å². The molecule has 1 N–H and O–H groups in total. The van der Waals surface area contributed by atoms with E-state index in [1.807, 2.05) is 10.6 Å². The number of fused-ring (bicyclic) bond motifs is 1. The fourth-order valence-corrected chi connectivity index (χ4v) is 3.55. The fourth-order valence-electron chi connectivity index (χ4n) is 3.35. The van der Waals surface area contributed by atoms with Crippen LogP contribution in [-0.2, 0) is 13.2 Å². The van der Waals surface area contributed by atoms with Gasteiger partial charge < -0.3 is 14.4 Å². The van der Waals surface area contributed by atoms with Crippen LogP contribution in [0.1, 0.15) is 21.5 Å². The van der Waals surface area contributed by atoms with Crippen molar-refractivity contribution < 1.29 is 23.4 Å². The van der Waals surface area contributed by atoms with Gasteiger partial charge in [0, 0.05) is 33.2 Å². The summed E-state index contributed by atoms with van der Waals surface area (Å²) in [5.41, 5.74) is 1.79. The maximum atomic E-state index is 13.9. The Morgan fingerprint density at radius 2 is 1.87 bits per heavy atom. The molecular formula is C23H16ClF2NO3. The van der Waals surface area contributed by atoms with E-state index >= 15 is 0 Å². The van der Waals surface area contributed by atoms with Crippen LogP contribution < -0.4 is 4.74 Å². The molecular weight excluding hydrogens is 412 g/mol. The standard InChI is InChI=1S/C23H16ClF2NO3/c24-16-4-7-22(30-13-15-11-17(25)5-6-20(15)26)14(10-16)12-27-9-8-18-19(23(28)29)2-1-3-21(18)27/h1-11H,12-13H2,(H,28,29). The third-order valence-electron chi connectivity index (χ3n) is 4.80. The molecule has 0 unspecified atom stereocenters. The van der Waals surface area contributed by atoms with E-state index in [1.165, 1.54) is 0 Å². The summed E-state index contributed by atoms with van der Waals surface area (Å²) < 4.78 is 35.0. The molecule has 0 aliphatic rings. The van der Waals surface area contributed by atoms with Gasteiger partial charge in [0.15, 0.2) is 0 Å². The summed E-state index contributed by atoms with van der Waals surface area (Å²) in [4.78, 5) is 11.4. The minimum absolute atomic E-state index is 0.105. The highest BCUT2D eigenvalue weighted by molar-refractivity contribution is 6.30. The van der Waals surface area contributed by atoms with Crippen molar-refractivity contribution in [2.24, 2.45) is 0 Å². The quantitative estimate of drug-likeness (QED) is 0.417. The molecule has 0 bridgehead atoms. The van der Waals surface area contributed by atoms with Gasteiger partial charge in [-0.3, -0.25) is 0 Å². The number of nitrogens with zero attached hydrogens (tertiary/aromatic N) is 1. The third kappa shape index (κ3) is 4.00. The van der Waals surface area contributed by atoms with E-state index in [1.54, 1.807) is 42.6 Å². The Morgan fingerprint density at radius 3 is 2.67 bits per heavy atom. The molecule has 0 fully saturated rings. The fraction of sp³-hybridized carbons (Fsp3) is 0.0870. The first-order chi connectivity index (χ1) is 14.4. The van der Waals surface area contributed by atoms with Crippen LogP contribution in [0.5, 0.6) is 5.75 Å². The normalized spacial score (nSPS) is 11.0. The molecule has 3 aromatic carbocycles. The lowest BCUT2D eigenvalue weighted by atomic mass is 10.1. The highest BCUT2D eigenvalue weighted by Gasteiger charge is 2.13. The molecule has 0 aliphatic heterocycles. The van der Waals surface area contributed by atoms with E-state index in [0.717, 1.165) is 29.3 Å². The van der Waals surface area contributed by atoms with E-state index < -0.39 is 17.6 Å². The predicted molar refractivity (Wildman–Crippen MR) is 110 cm³/mol. The van der Waals surface area contributed by atoms with Gasteiger partial charge in [0.1, 0.15) is 24.0 Å². The Kier molecular flexibility index (Phi) is 5.42. The van der Waals surface area contributed by atoms with Crippen molar-refractivity contribution in [2.45, 2.75) is 13.2 Å². The minimum atomic E-state index is -0.998. The van der Waals surface area contributed by atoms with Gasteiger partial charge >= 0.3 is 5.97 Å². The first-order valence-corrected chi connectivity index (χ1v) is 9.46. The predicted octanol–water partition coefficient (Wildman–Crippen LogP) is 5.90. The summed E-state index contributed by atoms with van der Waals surface area (Å²) in [5, 5.41) is 10.5. The Bertz CT molecular complexity index is 1250. The molecule has 152 valence electrons. The number of hydrogen-bond donors (Lipinski definition) is 1. The molecule has 0 saturated heterocycles. The van der Waals surface area contributed by atoms with Gasteiger partial charge in [-0.1, -0.05) is 17.7 Å². The maximum absolute atomic E-state index is 13.9. The van der Waals surface area contributed by atoms with Crippen LogP contribution in [0.15, 0.2) is 66.9 Å². The average molecular weight is 428 g/mol. The molecule has 1 aromatic heterocycles. The Morgan fingerprint density at radius 1 is 1.03 bits per heavy atom. The van der Waals surface area contributed by atoms with Crippen LogP contribution >= 0.6 is 11.6 Å². The molecule has 0 saturated carbocycles. The van der Waals surface area contributed by atoms with Crippen LogP contribution in [0.4, 0.5) is 8.78 Å². The van der Waals surface area contributed by atoms with Gasteiger partial charge in [0.25, 0.3) is 0 Å².